The highest BCUT2D eigenvalue weighted by molar-refractivity contribution is 4.67. The molecule has 76 valence electrons. The number of aliphatic hydroxyl groups excluding tert-OH is 1. The second-order valence-electron chi connectivity index (χ2n) is 3.88. The Balaban J connectivity index is 0. The van der Waals surface area contributed by atoms with Crippen molar-refractivity contribution in [1.82, 2.24) is 4.90 Å². The number of hydrogen-bond acceptors (Lipinski definition) is 2. The summed E-state index contributed by atoms with van der Waals surface area (Å²) in [6.07, 6.45) is 1.05. The Kier molecular flexibility index (Phi) is 9.10. The van der Waals surface area contributed by atoms with Crippen molar-refractivity contribution in [3.05, 3.63) is 0 Å². The van der Waals surface area contributed by atoms with E-state index in [1.54, 1.807) is 0 Å². The largest absolute Gasteiger partial charge is 0.396 e. The van der Waals surface area contributed by atoms with Gasteiger partial charge in [-0.05, 0) is 32.5 Å². The summed E-state index contributed by atoms with van der Waals surface area (Å²) in [6, 6.07) is 0. The number of rotatable bonds is 4. The molecular weight excluding hydrogens is 150 g/mol. The monoisotopic (exact) mass is 175 g/mol. The van der Waals surface area contributed by atoms with Gasteiger partial charge in [0.05, 0.1) is 0 Å². The predicted molar refractivity (Wildman–Crippen MR) is 55.4 cm³/mol. The Bertz CT molecular complexity index is 89.8. The highest BCUT2D eigenvalue weighted by atomic mass is 16.3. The molecule has 0 aromatic carbocycles. The maximum Gasteiger partial charge on any atom is 0.0482 e. The third-order valence-electron chi connectivity index (χ3n) is 1.66. The number of hydrogen-bond donors (Lipinski definition) is 1. The van der Waals surface area contributed by atoms with Gasteiger partial charge in [0.15, 0.2) is 0 Å². The number of aliphatic hydroxyl groups is 1. The zero-order valence-electron chi connectivity index (χ0n) is 9.52. The van der Waals surface area contributed by atoms with Crippen molar-refractivity contribution >= 4 is 0 Å². The van der Waals surface area contributed by atoms with Crippen LogP contribution in [0.3, 0.4) is 0 Å². The SMILES string of the molecule is CC.CN(C)CCC(C)(C)CO. The lowest BCUT2D eigenvalue weighted by atomic mass is 9.90. The molecule has 0 saturated carbocycles. The van der Waals surface area contributed by atoms with Crippen molar-refractivity contribution in [2.45, 2.75) is 34.1 Å². The molecule has 0 spiro atoms. The highest BCUT2D eigenvalue weighted by Crippen LogP contribution is 2.18. The van der Waals surface area contributed by atoms with Gasteiger partial charge in [0.25, 0.3) is 0 Å². The Morgan fingerprint density at radius 2 is 1.58 bits per heavy atom. The van der Waals surface area contributed by atoms with Gasteiger partial charge < -0.3 is 10.0 Å². The first kappa shape index (κ1) is 14.4. The summed E-state index contributed by atoms with van der Waals surface area (Å²) in [5.41, 5.74) is 0.0876. The third kappa shape index (κ3) is 9.92. The molecule has 2 nitrogen and oxygen atoms in total. The topological polar surface area (TPSA) is 23.5 Å². The molecule has 0 unspecified atom stereocenters. The van der Waals surface area contributed by atoms with E-state index in [0.717, 1.165) is 13.0 Å². The van der Waals surface area contributed by atoms with Crippen LogP contribution in [0.5, 0.6) is 0 Å². The van der Waals surface area contributed by atoms with Crippen LogP contribution >= 0.6 is 0 Å². The Morgan fingerprint density at radius 3 is 1.83 bits per heavy atom. The van der Waals surface area contributed by atoms with Gasteiger partial charge in [-0.1, -0.05) is 27.7 Å². The Hall–Kier alpha value is -0.0800. The summed E-state index contributed by atoms with van der Waals surface area (Å²) >= 11 is 0. The van der Waals surface area contributed by atoms with Crippen LogP contribution < -0.4 is 0 Å². The molecule has 0 atom stereocenters. The van der Waals surface area contributed by atoms with Gasteiger partial charge in [0, 0.05) is 6.61 Å². The lowest BCUT2D eigenvalue weighted by molar-refractivity contribution is 0.139. The van der Waals surface area contributed by atoms with Crippen LogP contribution in [0.4, 0.5) is 0 Å². The minimum absolute atomic E-state index is 0.0876. The molecule has 0 amide bonds. The molecule has 1 N–H and O–H groups in total. The van der Waals surface area contributed by atoms with E-state index in [4.69, 9.17) is 5.11 Å². The van der Waals surface area contributed by atoms with Gasteiger partial charge in [-0.15, -0.1) is 0 Å². The Labute approximate surface area is 77.6 Å². The molecule has 0 aromatic rings. The summed E-state index contributed by atoms with van der Waals surface area (Å²) in [5.74, 6) is 0. The van der Waals surface area contributed by atoms with E-state index in [1.807, 2.05) is 27.9 Å². The fourth-order valence-corrected chi connectivity index (χ4v) is 0.605. The van der Waals surface area contributed by atoms with E-state index in [0.29, 0.717) is 0 Å². The van der Waals surface area contributed by atoms with Crippen LogP contribution in [-0.4, -0.2) is 37.3 Å². The van der Waals surface area contributed by atoms with Crippen LogP contribution in [0.2, 0.25) is 0 Å². The second-order valence-corrected chi connectivity index (χ2v) is 3.88. The van der Waals surface area contributed by atoms with E-state index >= 15 is 0 Å². The second kappa shape index (κ2) is 7.56. The molecular formula is C10H25NO. The van der Waals surface area contributed by atoms with E-state index in [9.17, 15) is 0 Å². The van der Waals surface area contributed by atoms with Gasteiger partial charge in [0.1, 0.15) is 0 Å². The molecule has 0 aliphatic carbocycles. The lowest BCUT2D eigenvalue weighted by Gasteiger charge is -2.23. The molecule has 0 saturated heterocycles. The van der Waals surface area contributed by atoms with Crippen molar-refractivity contribution < 1.29 is 5.11 Å². The molecule has 0 fully saturated rings. The molecule has 0 rings (SSSR count). The quantitative estimate of drug-likeness (QED) is 0.706. The minimum Gasteiger partial charge on any atom is -0.396 e. The number of nitrogens with zero attached hydrogens (tertiary/aromatic N) is 1. The average molecular weight is 175 g/mol. The zero-order chi connectivity index (χ0) is 10.2. The molecule has 0 radical (unpaired) electrons. The van der Waals surface area contributed by atoms with Gasteiger partial charge in [-0.2, -0.15) is 0 Å². The maximum absolute atomic E-state index is 8.89. The van der Waals surface area contributed by atoms with Crippen LogP contribution in [0, 0.1) is 5.41 Å². The third-order valence-corrected chi connectivity index (χ3v) is 1.66. The summed E-state index contributed by atoms with van der Waals surface area (Å²) in [6.45, 7) is 9.49. The van der Waals surface area contributed by atoms with Gasteiger partial charge in [-0.25, -0.2) is 0 Å². The van der Waals surface area contributed by atoms with Crippen LogP contribution in [-0.2, 0) is 0 Å². The molecule has 0 heterocycles. The van der Waals surface area contributed by atoms with Crippen molar-refractivity contribution in [2.75, 3.05) is 27.2 Å². The van der Waals surface area contributed by atoms with Crippen LogP contribution in [0.1, 0.15) is 34.1 Å². The van der Waals surface area contributed by atoms with Gasteiger partial charge in [-0.3, -0.25) is 0 Å². The summed E-state index contributed by atoms with van der Waals surface area (Å²) in [7, 11) is 4.10. The standard InChI is InChI=1S/C8H19NO.C2H6/c1-8(2,7-10)5-6-9(3)4;1-2/h10H,5-7H2,1-4H3;1-2H3. The van der Waals surface area contributed by atoms with Crippen molar-refractivity contribution in [1.29, 1.82) is 0 Å². The Morgan fingerprint density at radius 1 is 1.17 bits per heavy atom. The van der Waals surface area contributed by atoms with E-state index in [-0.39, 0.29) is 12.0 Å². The van der Waals surface area contributed by atoms with Crippen molar-refractivity contribution in [3.63, 3.8) is 0 Å². The maximum atomic E-state index is 8.89. The molecule has 0 bridgehead atoms. The molecule has 0 aliphatic rings. The first-order valence-electron chi connectivity index (χ1n) is 4.73. The summed E-state index contributed by atoms with van der Waals surface area (Å²) in [5, 5.41) is 8.89. The normalized spacial score (nSPS) is 11.0. The van der Waals surface area contributed by atoms with E-state index in [1.165, 1.54) is 0 Å². The van der Waals surface area contributed by atoms with Gasteiger partial charge in [0.2, 0.25) is 0 Å². The molecule has 0 aliphatic heterocycles. The molecule has 12 heavy (non-hydrogen) atoms. The highest BCUT2D eigenvalue weighted by Gasteiger charge is 2.15. The van der Waals surface area contributed by atoms with Crippen molar-refractivity contribution in [3.8, 4) is 0 Å². The van der Waals surface area contributed by atoms with E-state index < -0.39 is 0 Å². The molecule has 2 heteroatoms. The van der Waals surface area contributed by atoms with Crippen LogP contribution in [0.25, 0.3) is 0 Å². The summed E-state index contributed by atoms with van der Waals surface area (Å²) < 4.78 is 0. The van der Waals surface area contributed by atoms with Crippen molar-refractivity contribution in [2.24, 2.45) is 5.41 Å². The first-order valence-corrected chi connectivity index (χ1v) is 4.73. The average Bonchev–Trinajstić information content (AvgIpc) is 2.05. The van der Waals surface area contributed by atoms with E-state index in [2.05, 4.69) is 18.7 Å². The first-order chi connectivity index (χ1) is 5.48. The smallest absolute Gasteiger partial charge is 0.0482 e. The fourth-order valence-electron chi connectivity index (χ4n) is 0.605. The lowest BCUT2D eigenvalue weighted by Crippen LogP contribution is -2.24. The fraction of sp³-hybridized carbons (Fsp3) is 1.00. The predicted octanol–water partition coefficient (Wildman–Crippen LogP) is 1.98. The summed E-state index contributed by atoms with van der Waals surface area (Å²) in [4.78, 5) is 2.14. The molecule has 0 aromatic heterocycles. The zero-order valence-corrected chi connectivity index (χ0v) is 9.52. The van der Waals surface area contributed by atoms with Gasteiger partial charge >= 0.3 is 0 Å². The minimum atomic E-state index is 0.0876. The van der Waals surface area contributed by atoms with Crippen LogP contribution in [0.15, 0.2) is 0 Å².